The number of alkyl halides is 3. The van der Waals surface area contributed by atoms with Crippen molar-refractivity contribution in [2.75, 3.05) is 13.1 Å². The van der Waals surface area contributed by atoms with Gasteiger partial charge in [-0.2, -0.15) is 13.2 Å². The van der Waals surface area contributed by atoms with E-state index in [1.165, 1.54) is 0 Å². The van der Waals surface area contributed by atoms with Crippen LogP contribution in [0.2, 0.25) is 0 Å². The molecule has 112 valence electrons. The van der Waals surface area contributed by atoms with Crippen LogP contribution in [0.5, 0.6) is 0 Å². The van der Waals surface area contributed by atoms with Crippen molar-refractivity contribution in [2.45, 2.75) is 51.7 Å². The number of carbonyl (C=O) groups is 1. The molecule has 2 N–H and O–H groups in total. The lowest BCUT2D eigenvalue weighted by atomic mass is 9.76. The molecule has 3 unspecified atom stereocenters. The molecule has 0 heterocycles. The minimum atomic E-state index is -4.34. The van der Waals surface area contributed by atoms with Gasteiger partial charge in [0.15, 0.2) is 0 Å². The Morgan fingerprint density at radius 2 is 2.00 bits per heavy atom. The molecule has 1 aliphatic carbocycles. The van der Waals surface area contributed by atoms with E-state index in [0.29, 0.717) is 12.8 Å². The van der Waals surface area contributed by atoms with Crippen LogP contribution >= 0.6 is 0 Å². The molecule has 3 atom stereocenters. The van der Waals surface area contributed by atoms with Gasteiger partial charge in [-0.05, 0) is 25.2 Å². The number of amides is 1. The normalized spacial score (nSPS) is 28.2. The fourth-order valence-corrected chi connectivity index (χ4v) is 2.73. The first-order chi connectivity index (χ1) is 8.76. The molecule has 0 spiro atoms. The summed E-state index contributed by atoms with van der Waals surface area (Å²) in [6.45, 7) is 2.63. The van der Waals surface area contributed by atoms with Gasteiger partial charge in [0.1, 0.15) is 6.54 Å². The van der Waals surface area contributed by atoms with Gasteiger partial charge in [0, 0.05) is 18.5 Å². The van der Waals surface area contributed by atoms with E-state index in [1.54, 1.807) is 6.92 Å². The summed E-state index contributed by atoms with van der Waals surface area (Å²) >= 11 is 0. The van der Waals surface area contributed by atoms with Crippen LogP contribution in [-0.2, 0) is 4.79 Å². The third-order valence-corrected chi connectivity index (χ3v) is 3.86. The van der Waals surface area contributed by atoms with Crippen LogP contribution in [0.15, 0.2) is 0 Å². The van der Waals surface area contributed by atoms with Gasteiger partial charge in [0.05, 0.1) is 0 Å². The molecule has 0 saturated heterocycles. The lowest BCUT2D eigenvalue weighted by molar-refractivity contribution is -0.165. The van der Waals surface area contributed by atoms with Crippen molar-refractivity contribution in [1.29, 1.82) is 0 Å². The zero-order valence-electron chi connectivity index (χ0n) is 11.5. The fourth-order valence-electron chi connectivity index (χ4n) is 2.73. The molecular formula is C13H23F3N2O. The molecule has 0 aliphatic heterocycles. The van der Waals surface area contributed by atoms with Crippen LogP contribution in [0.3, 0.4) is 0 Å². The van der Waals surface area contributed by atoms with E-state index in [9.17, 15) is 18.0 Å². The monoisotopic (exact) mass is 280 g/mol. The zero-order valence-corrected chi connectivity index (χ0v) is 11.5. The topological polar surface area (TPSA) is 46.3 Å². The first-order valence-corrected chi connectivity index (χ1v) is 6.87. The van der Waals surface area contributed by atoms with Gasteiger partial charge in [-0.15, -0.1) is 0 Å². The van der Waals surface area contributed by atoms with E-state index in [2.05, 4.69) is 0 Å². The number of hydrogen-bond donors (Lipinski definition) is 1. The predicted molar refractivity (Wildman–Crippen MR) is 67.4 cm³/mol. The Morgan fingerprint density at radius 3 is 2.53 bits per heavy atom. The molecule has 0 bridgehead atoms. The van der Waals surface area contributed by atoms with Crippen molar-refractivity contribution in [3.05, 3.63) is 0 Å². The SMILES string of the molecule is CCCN(CC(F)(F)F)C(=O)C1CCCC(N)C1C. The lowest BCUT2D eigenvalue weighted by Gasteiger charge is -2.36. The second-order valence-electron chi connectivity index (χ2n) is 5.44. The molecule has 1 rings (SSSR count). The van der Waals surface area contributed by atoms with Crippen LogP contribution in [-0.4, -0.2) is 36.1 Å². The Kier molecular flexibility index (Phi) is 5.64. The molecule has 1 aliphatic rings. The minimum Gasteiger partial charge on any atom is -0.333 e. The average molecular weight is 280 g/mol. The van der Waals surface area contributed by atoms with Crippen molar-refractivity contribution in [2.24, 2.45) is 17.6 Å². The summed E-state index contributed by atoms with van der Waals surface area (Å²) in [4.78, 5) is 13.2. The summed E-state index contributed by atoms with van der Waals surface area (Å²) in [6, 6.07) is -0.0861. The van der Waals surface area contributed by atoms with E-state index in [1.807, 2.05) is 6.92 Å². The van der Waals surface area contributed by atoms with E-state index in [0.717, 1.165) is 17.7 Å². The van der Waals surface area contributed by atoms with E-state index >= 15 is 0 Å². The highest BCUT2D eigenvalue weighted by molar-refractivity contribution is 5.79. The van der Waals surface area contributed by atoms with Crippen LogP contribution in [0.4, 0.5) is 13.2 Å². The fraction of sp³-hybridized carbons (Fsp3) is 0.923. The highest BCUT2D eigenvalue weighted by Gasteiger charge is 2.38. The number of rotatable bonds is 4. The third kappa shape index (κ3) is 4.67. The molecule has 1 fully saturated rings. The summed E-state index contributed by atoms with van der Waals surface area (Å²) in [5, 5.41) is 0. The van der Waals surface area contributed by atoms with Crippen molar-refractivity contribution in [1.82, 2.24) is 4.90 Å². The molecule has 1 amide bonds. The quantitative estimate of drug-likeness (QED) is 0.860. The first kappa shape index (κ1) is 16.3. The van der Waals surface area contributed by atoms with Gasteiger partial charge < -0.3 is 10.6 Å². The lowest BCUT2D eigenvalue weighted by Crippen LogP contribution is -2.48. The Balaban J connectivity index is 2.75. The average Bonchev–Trinajstić information content (AvgIpc) is 2.30. The Labute approximate surface area is 112 Å². The molecular weight excluding hydrogens is 257 g/mol. The van der Waals surface area contributed by atoms with E-state index < -0.39 is 12.7 Å². The molecule has 1 saturated carbocycles. The van der Waals surface area contributed by atoms with E-state index in [-0.39, 0.29) is 30.3 Å². The van der Waals surface area contributed by atoms with Crippen molar-refractivity contribution < 1.29 is 18.0 Å². The number of carbonyl (C=O) groups excluding carboxylic acids is 1. The number of nitrogens with zero attached hydrogens (tertiary/aromatic N) is 1. The Morgan fingerprint density at radius 1 is 1.37 bits per heavy atom. The number of halogens is 3. The van der Waals surface area contributed by atoms with Crippen molar-refractivity contribution >= 4 is 5.91 Å². The largest absolute Gasteiger partial charge is 0.406 e. The molecule has 0 aromatic rings. The number of nitrogens with two attached hydrogens (primary N) is 1. The highest BCUT2D eigenvalue weighted by Crippen LogP contribution is 2.31. The van der Waals surface area contributed by atoms with Crippen LogP contribution in [0.25, 0.3) is 0 Å². The maximum atomic E-state index is 12.5. The summed E-state index contributed by atoms with van der Waals surface area (Å²) < 4.78 is 37.5. The summed E-state index contributed by atoms with van der Waals surface area (Å²) in [5.41, 5.74) is 5.91. The summed E-state index contributed by atoms with van der Waals surface area (Å²) in [5.74, 6) is -0.798. The maximum absolute atomic E-state index is 12.5. The standard InChI is InChI=1S/C13H23F3N2O/c1-3-7-18(8-13(14,15)16)12(19)10-5-4-6-11(17)9(10)2/h9-11H,3-8,17H2,1-2H3. The molecule has 0 radical (unpaired) electrons. The van der Waals surface area contributed by atoms with Gasteiger partial charge >= 0.3 is 6.18 Å². The number of hydrogen-bond acceptors (Lipinski definition) is 2. The van der Waals surface area contributed by atoms with E-state index in [4.69, 9.17) is 5.73 Å². The third-order valence-electron chi connectivity index (χ3n) is 3.86. The zero-order chi connectivity index (χ0) is 14.6. The predicted octanol–water partition coefficient (Wildman–Crippen LogP) is 2.55. The smallest absolute Gasteiger partial charge is 0.333 e. The Hall–Kier alpha value is -0.780. The van der Waals surface area contributed by atoms with Crippen molar-refractivity contribution in [3.63, 3.8) is 0 Å². The second kappa shape index (κ2) is 6.59. The van der Waals surface area contributed by atoms with Gasteiger partial charge in [-0.25, -0.2) is 0 Å². The molecule has 0 aromatic carbocycles. The maximum Gasteiger partial charge on any atom is 0.406 e. The van der Waals surface area contributed by atoms with Crippen molar-refractivity contribution in [3.8, 4) is 0 Å². The van der Waals surface area contributed by atoms with Gasteiger partial charge in [-0.1, -0.05) is 20.3 Å². The van der Waals surface area contributed by atoms with Crippen LogP contribution < -0.4 is 5.73 Å². The molecule has 6 heteroatoms. The minimum absolute atomic E-state index is 0.0474. The van der Waals surface area contributed by atoms with Crippen LogP contribution in [0.1, 0.15) is 39.5 Å². The first-order valence-electron chi connectivity index (χ1n) is 6.87. The molecule has 3 nitrogen and oxygen atoms in total. The van der Waals surface area contributed by atoms with Gasteiger partial charge in [0.2, 0.25) is 5.91 Å². The summed E-state index contributed by atoms with van der Waals surface area (Å²) in [6.07, 6.45) is -1.52. The molecule has 19 heavy (non-hydrogen) atoms. The molecule has 0 aromatic heterocycles. The van der Waals surface area contributed by atoms with Gasteiger partial charge in [-0.3, -0.25) is 4.79 Å². The second-order valence-corrected chi connectivity index (χ2v) is 5.44. The Bertz CT molecular complexity index is 307. The summed E-state index contributed by atoms with van der Waals surface area (Å²) in [7, 11) is 0. The van der Waals surface area contributed by atoms with Crippen LogP contribution in [0, 0.1) is 11.8 Å². The van der Waals surface area contributed by atoms with Gasteiger partial charge in [0.25, 0.3) is 0 Å². The highest BCUT2D eigenvalue weighted by atomic mass is 19.4.